The van der Waals surface area contributed by atoms with E-state index in [0.717, 1.165) is 77.6 Å². The van der Waals surface area contributed by atoms with Crippen molar-refractivity contribution in [2.45, 2.75) is 298 Å². The summed E-state index contributed by atoms with van der Waals surface area (Å²) < 4.78 is 34.7. The molecule has 0 saturated carbocycles. The lowest BCUT2D eigenvalue weighted by Gasteiger charge is -2.50. The highest BCUT2D eigenvalue weighted by Gasteiger charge is 2.60. The lowest BCUT2D eigenvalue weighted by Crippen LogP contribution is -2.70. The first-order valence-electron chi connectivity index (χ1n) is 30.2. The summed E-state index contributed by atoms with van der Waals surface area (Å²) in [5.74, 6) is -6.12. The Labute approximate surface area is 479 Å². The van der Waals surface area contributed by atoms with Crippen LogP contribution in [-0.2, 0) is 42.8 Å². The second kappa shape index (κ2) is 40.5. The number of carboxylic acid groups (broad SMARTS) is 1. The maximum Gasteiger partial charge on any atom is 0.364 e. The number of aliphatic carboxylic acids is 1. The molecule has 0 aromatic heterocycles. The molecular weight excluding hydrogens is 1060 g/mol. The van der Waals surface area contributed by atoms with Gasteiger partial charge in [-0.2, -0.15) is 0 Å². The van der Waals surface area contributed by atoms with E-state index in [1.807, 2.05) is 0 Å². The van der Waals surface area contributed by atoms with Crippen LogP contribution < -0.4 is 10.6 Å². The maximum atomic E-state index is 13.4. The first-order chi connectivity index (χ1) is 38.9. The van der Waals surface area contributed by atoms with Crippen LogP contribution in [0.15, 0.2) is 24.3 Å². The van der Waals surface area contributed by atoms with Crippen LogP contribution in [0.3, 0.4) is 0 Å². The number of ether oxygens (including phenoxy) is 6. The van der Waals surface area contributed by atoms with E-state index < -0.39 is 148 Å². The second-order valence-electron chi connectivity index (χ2n) is 22.2. The Kier molecular flexibility index (Phi) is 36.2. The van der Waals surface area contributed by atoms with Crippen LogP contribution in [0, 0.1) is 0 Å². The average molecular weight is 1170 g/mol. The first kappa shape index (κ1) is 72.5. The van der Waals surface area contributed by atoms with E-state index in [1.54, 1.807) is 0 Å². The van der Waals surface area contributed by atoms with E-state index in [2.05, 4.69) is 48.8 Å². The number of nitrogens with one attached hydrogen (secondary N) is 2. The van der Waals surface area contributed by atoms with Crippen LogP contribution in [0.2, 0.25) is 0 Å². The molecule has 18 unspecified atom stereocenters. The molecule has 0 bridgehead atoms. The van der Waals surface area contributed by atoms with Gasteiger partial charge in [-0.15, -0.1) is 0 Å². The molecule has 23 nitrogen and oxygen atoms in total. The van der Waals surface area contributed by atoms with Crippen molar-refractivity contribution in [1.82, 2.24) is 10.6 Å². The topological polar surface area (TPSA) is 373 Å². The highest BCUT2D eigenvalue weighted by Crippen LogP contribution is 2.38. The number of aliphatic hydroxyl groups is 11. The molecule has 0 aliphatic carbocycles. The van der Waals surface area contributed by atoms with Crippen molar-refractivity contribution in [1.29, 1.82) is 0 Å². The Hall–Kier alpha value is -2.79. The Balaban J connectivity index is 1.67. The summed E-state index contributed by atoms with van der Waals surface area (Å²) in [4.78, 5) is 38.4. The van der Waals surface area contributed by atoms with Gasteiger partial charge in [0.1, 0.15) is 67.1 Å². The van der Waals surface area contributed by atoms with Crippen LogP contribution in [0.4, 0.5) is 0 Å². The minimum Gasteiger partial charge on any atom is -0.477 e. The second-order valence-corrected chi connectivity index (χ2v) is 22.2. The molecule has 3 heterocycles. The molecule has 2 amide bonds. The molecule has 18 atom stereocenters. The number of hydrogen-bond acceptors (Lipinski definition) is 20. The number of allylic oxidation sites excluding steroid dienone is 4. The highest BCUT2D eigenvalue weighted by atomic mass is 16.8. The zero-order chi connectivity index (χ0) is 59.7. The molecule has 3 saturated heterocycles. The standard InChI is InChI=1S/C58H104N2O21/c1-4-6-8-10-12-14-16-18-19-20-22-24-26-28-30-32-45(68)60-39(40(65)31-29-27-25-23-21-17-15-13-11-9-7-5-2)37-76-55-50(72)49(71)52(44(36-63)78-55)79-56-51(73)54(48(70)43(35-62)77-56)81-58(57(74)75)33-41(66)46(59-38(3)64)53(80-58)47(69)42(67)34-61/h12,14,16,18,39-44,46-56,61-63,65-67,69-73H,4-11,13,15,17,19-37H2,1-3H3,(H,59,64)(H,60,68)(H,74,75)/b14-12-,18-16-. The fourth-order valence-electron chi connectivity index (χ4n) is 10.5. The third kappa shape index (κ3) is 25.0. The van der Waals surface area contributed by atoms with Crippen molar-refractivity contribution in [2.75, 3.05) is 26.4 Å². The van der Waals surface area contributed by atoms with Gasteiger partial charge >= 0.3 is 5.97 Å². The largest absolute Gasteiger partial charge is 0.477 e. The van der Waals surface area contributed by atoms with Gasteiger partial charge < -0.3 is 100 Å². The SMILES string of the molecule is CCCCC/C=C\C=C/CCCCCCCCC(=O)NC(COC1OC(CO)C(OC2OC(CO)C(O)C(OC3(C(=O)O)CC(O)C(NC(C)=O)C(C(O)C(O)CO)O3)C2O)C(O)C1O)C(O)CCCCCCCCCCCCCC. The summed E-state index contributed by atoms with van der Waals surface area (Å²) in [6.45, 7) is 2.11. The Morgan fingerprint density at radius 3 is 1.73 bits per heavy atom. The summed E-state index contributed by atoms with van der Waals surface area (Å²) in [5.41, 5.74) is 0. The summed E-state index contributed by atoms with van der Waals surface area (Å²) in [6.07, 6.45) is 4.94. The minimum absolute atomic E-state index is 0.209. The van der Waals surface area contributed by atoms with Crippen LogP contribution in [0.25, 0.3) is 0 Å². The van der Waals surface area contributed by atoms with Crippen molar-refractivity contribution in [2.24, 2.45) is 0 Å². The molecule has 0 aromatic carbocycles. The number of unbranched alkanes of at least 4 members (excludes halogenated alkanes) is 20. The van der Waals surface area contributed by atoms with Gasteiger partial charge in [-0.3, -0.25) is 9.59 Å². The van der Waals surface area contributed by atoms with E-state index in [1.165, 1.54) is 64.2 Å². The summed E-state index contributed by atoms with van der Waals surface area (Å²) in [6, 6.07) is -2.53. The summed E-state index contributed by atoms with van der Waals surface area (Å²) in [5, 5.41) is 135. The molecule has 3 rings (SSSR count). The summed E-state index contributed by atoms with van der Waals surface area (Å²) in [7, 11) is 0. The number of carbonyl (C=O) groups excluding carboxylic acids is 2. The quantitative estimate of drug-likeness (QED) is 0.0308. The van der Waals surface area contributed by atoms with Crippen molar-refractivity contribution in [3.63, 3.8) is 0 Å². The Bertz CT molecular complexity index is 1770. The lowest BCUT2D eigenvalue weighted by atomic mass is 9.88. The number of carbonyl (C=O) groups is 3. The number of aliphatic hydroxyl groups excluding tert-OH is 11. The predicted octanol–water partition coefficient (Wildman–Crippen LogP) is 2.55. The molecule has 3 aliphatic rings. The number of amides is 2. The van der Waals surface area contributed by atoms with E-state index >= 15 is 0 Å². The first-order valence-corrected chi connectivity index (χ1v) is 30.2. The van der Waals surface area contributed by atoms with Crippen molar-refractivity contribution < 1.29 is 104 Å². The van der Waals surface area contributed by atoms with Crippen molar-refractivity contribution >= 4 is 17.8 Å². The average Bonchev–Trinajstić information content (AvgIpc) is 3.63. The monoisotopic (exact) mass is 1160 g/mol. The smallest absolute Gasteiger partial charge is 0.364 e. The van der Waals surface area contributed by atoms with E-state index in [9.17, 15) is 75.7 Å². The maximum absolute atomic E-state index is 13.4. The number of carboxylic acids is 1. The van der Waals surface area contributed by atoms with Crippen molar-refractivity contribution in [3.05, 3.63) is 24.3 Å². The molecule has 472 valence electrons. The summed E-state index contributed by atoms with van der Waals surface area (Å²) >= 11 is 0. The van der Waals surface area contributed by atoms with E-state index in [0.29, 0.717) is 19.3 Å². The van der Waals surface area contributed by atoms with E-state index in [4.69, 9.17) is 28.4 Å². The third-order valence-electron chi connectivity index (χ3n) is 15.4. The molecule has 0 radical (unpaired) electrons. The van der Waals surface area contributed by atoms with E-state index in [-0.39, 0.29) is 18.9 Å². The van der Waals surface area contributed by atoms with Crippen LogP contribution in [-0.4, -0.2) is 215 Å². The molecule has 3 aliphatic heterocycles. The van der Waals surface area contributed by atoms with Gasteiger partial charge in [0.2, 0.25) is 11.8 Å². The molecule has 0 aromatic rings. The number of hydrogen-bond donors (Lipinski definition) is 14. The third-order valence-corrected chi connectivity index (χ3v) is 15.4. The molecule has 0 spiro atoms. The van der Waals surface area contributed by atoms with Gasteiger partial charge in [-0.05, 0) is 38.5 Å². The molecule has 3 fully saturated rings. The van der Waals surface area contributed by atoms with Gasteiger partial charge in [0.05, 0.1) is 50.7 Å². The Morgan fingerprint density at radius 1 is 0.642 bits per heavy atom. The van der Waals surface area contributed by atoms with Gasteiger partial charge in [-0.1, -0.05) is 154 Å². The zero-order valence-corrected chi connectivity index (χ0v) is 48.4. The van der Waals surface area contributed by atoms with Gasteiger partial charge in [0, 0.05) is 19.8 Å². The predicted molar refractivity (Wildman–Crippen MR) is 297 cm³/mol. The molecular formula is C58H104N2O21. The molecule has 81 heavy (non-hydrogen) atoms. The Morgan fingerprint density at radius 2 is 1.17 bits per heavy atom. The van der Waals surface area contributed by atoms with Gasteiger partial charge in [0.25, 0.3) is 5.79 Å². The zero-order valence-electron chi connectivity index (χ0n) is 48.4. The van der Waals surface area contributed by atoms with Gasteiger partial charge in [-0.25, -0.2) is 4.79 Å². The van der Waals surface area contributed by atoms with Crippen LogP contribution >= 0.6 is 0 Å². The highest BCUT2D eigenvalue weighted by molar-refractivity contribution is 5.77. The lowest BCUT2D eigenvalue weighted by molar-refractivity contribution is -0.386. The van der Waals surface area contributed by atoms with Crippen LogP contribution in [0.1, 0.15) is 188 Å². The fourth-order valence-corrected chi connectivity index (χ4v) is 10.5. The van der Waals surface area contributed by atoms with Crippen molar-refractivity contribution in [3.8, 4) is 0 Å². The minimum atomic E-state index is -3.08. The molecule has 14 N–H and O–H groups in total. The fraction of sp³-hybridized carbons (Fsp3) is 0.879. The van der Waals surface area contributed by atoms with Crippen LogP contribution in [0.5, 0.6) is 0 Å². The number of rotatable bonds is 43. The normalized spacial score (nSPS) is 30.6. The molecule has 23 heteroatoms. The van der Waals surface area contributed by atoms with Gasteiger partial charge in [0.15, 0.2) is 12.6 Å².